The van der Waals surface area contributed by atoms with Crippen LogP contribution >= 0.6 is 0 Å². The minimum Gasteiger partial charge on any atom is -0.504 e. The molecule has 128 valence electrons. The summed E-state index contributed by atoms with van der Waals surface area (Å²) in [5, 5.41) is 9.76. The van der Waals surface area contributed by atoms with Crippen LogP contribution in [0.3, 0.4) is 0 Å². The number of benzene rings is 2. The number of methoxy groups -OCH3 is 4. The summed E-state index contributed by atoms with van der Waals surface area (Å²) in [6.07, 6.45) is 1.31. The van der Waals surface area contributed by atoms with Crippen molar-refractivity contribution in [2.24, 2.45) is 0 Å². The molecule has 0 spiro atoms. The fraction of sp³-hybridized carbons (Fsp3) is 0.222. The van der Waals surface area contributed by atoms with Crippen LogP contribution in [0, 0.1) is 0 Å². The van der Waals surface area contributed by atoms with Gasteiger partial charge in [0, 0.05) is 5.56 Å². The van der Waals surface area contributed by atoms with E-state index in [1.807, 2.05) is 0 Å². The minimum atomic E-state index is -0.526. The van der Waals surface area contributed by atoms with Gasteiger partial charge in [0.05, 0.1) is 28.4 Å². The van der Waals surface area contributed by atoms with E-state index < -0.39 is 5.83 Å². The van der Waals surface area contributed by atoms with Crippen molar-refractivity contribution in [3.05, 3.63) is 41.5 Å². The molecular weight excluding hydrogens is 315 g/mol. The number of hydrogen-bond donors (Lipinski definition) is 1. The summed E-state index contributed by atoms with van der Waals surface area (Å²) in [5.41, 5.74) is 0.749. The van der Waals surface area contributed by atoms with E-state index >= 15 is 0 Å². The van der Waals surface area contributed by atoms with Crippen molar-refractivity contribution < 1.29 is 28.4 Å². The molecule has 0 aromatic heterocycles. The molecule has 0 fully saturated rings. The van der Waals surface area contributed by atoms with Gasteiger partial charge in [-0.05, 0) is 42.0 Å². The predicted octanol–water partition coefficient (Wildman–Crippen LogP) is 3.89. The highest BCUT2D eigenvalue weighted by Gasteiger charge is 2.13. The Morgan fingerprint density at radius 2 is 1.46 bits per heavy atom. The first kappa shape index (κ1) is 17.5. The van der Waals surface area contributed by atoms with E-state index in [1.165, 1.54) is 52.7 Å². The van der Waals surface area contributed by atoms with Gasteiger partial charge in [0.2, 0.25) is 5.75 Å². The Morgan fingerprint density at radius 3 is 1.92 bits per heavy atom. The Bertz CT molecular complexity index is 730. The van der Waals surface area contributed by atoms with Gasteiger partial charge in [-0.1, -0.05) is 0 Å². The molecule has 5 nitrogen and oxygen atoms in total. The largest absolute Gasteiger partial charge is 0.504 e. The molecule has 0 radical (unpaired) electrons. The lowest BCUT2D eigenvalue weighted by Gasteiger charge is -2.13. The second-order valence-corrected chi connectivity index (χ2v) is 4.84. The van der Waals surface area contributed by atoms with Gasteiger partial charge in [-0.25, -0.2) is 4.39 Å². The van der Waals surface area contributed by atoms with E-state index in [2.05, 4.69) is 0 Å². The van der Waals surface area contributed by atoms with Crippen LogP contribution < -0.4 is 18.9 Å². The lowest BCUT2D eigenvalue weighted by Crippen LogP contribution is -1.95. The van der Waals surface area contributed by atoms with Crippen molar-refractivity contribution in [2.75, 3.05) is 28.4 Å². The summed E-state index contributed by atoms with van der Waals surface area (Å²) in [4.78, 5) is 0. The van der Waals surface area contributed by atoms with E-state index in [1.54, 1.807) is 12.1 Å². The predicted molar refractivity (Wildman–Crippen MR) is 89.7 cm³/mol. The smallest absolute Gasteiger partial charge is 0.203 e. The van der Waals surface area contributed by atoms with Crippen LogP contribution in [-0.2, 0) is 0 Å². The summed E-state index contributed by atoms with van der Waals surface area (Å²) < 4.78 is 35.2. The summed E-state index contributed by atoms with van der Waals surface area (Å²) in [6, 6.07) is 7.56. The van der Waals surface area contributed by atoms with E-state index in [0.717, 1.165) is 0 Å². The van der Waals surface area contributed by atoms with Crippen molar-refractivity contribution in [3.63, 3.8) is 0 Å². The van der Waals surface area contributed by atoms with Crippen LogP contribution in [-0.4, -0.2) is 33.5 Å². The zero-order chi connectivity index (χ0) is 17.7. The molecule has 0 aliphatic carbocycles. The molecule has 0 heterocycles. The summed E-state index contributed by atoms with van der Waals surface area (Å²) in [5.74, 6) is 0.895. The molecule has 0 unspecified atom stereocenters. The first-order valence-electron chi connectivity index (χ1n) is 7.08. The van der Waals surface area contributed by atoms with Gasteiger partial charge >= 0.3 is 0 Å². The number of halogens is 1. The highest BCUT2D eigenvalue weighted by molar-refractivity contribution is 5.79. The van der Waals surface area contributed by atoms with Crippen molar-refractivity contribution in [3.8, 4) is 28.7 Å². The number of phenolic OH excluding ortho intramolecular Hbond substituents is 1. The number of hydrogen-bond acceptors (Lipinski definition) is 5. The van der Waals surface area contributed by atoms with E-state index in [9.17, 15) is 9.50 Å². The monoisotopic (exact) mass is 334 g/mol. The zero-order valence-electron chi connectivity index (χ0n) is 13.9. The number of phenols is 1. The molecule has 0 aliphatic rings. The average molecular weight is 334 g/mol. The Kier molecular flexibility index (Phi) is 5.52. The Labute approximate surface area is 139 Å². The molecule has 0 amide bonds. The third-order valence-electron chi connectivity index (χ3n) is 3.44. The van der Waals surface area contributed by atoms with E-state index in [-0.39, 0.29) is 17.1 Å². The number of ether oxygens (including phenoxy) is 4. The standard InChI is InChI=1S/C18H19FO5/c1-21-15-6-5-12(10-14(15)20)13(19)7-11-8-16(22-2)18(24-4)17(9-11)23-3/h5-10,20H,1-4H3/b13-7+. The van der Waals surface area contributed by atoms with E-state index in [4.69, 9.17) is 18.9 Å². The second kappa shape index (κ2) is 7.59. The molecule has 0 bridgehead atoms. The number of aromatic hydroxyl groups is 1. The molecule has 0 saturated carbocycles. The van der Waals surface area contributed by atoms with Gasteiger partial charge in [-0.3, -0.25) is 0 Å². The van der Waals surface area contributed by atoms with Gasteiger partial charge in [0.1, 0.15) is 5.83 Å². The molecule has 2 rings (SSSR count). The van der Waals surface area contributed by atoms with Crippen LogP contribution in [0.1, 0.15) is 11.1 Å². The Balaban J connectivity index is 2.44. The molecule has 24 heavy (non-hydrogen) atoms. The first-order valence-corrected chi connectivity index (χ1v) is 7.08. The fourth-order valence-electron chi connectivity index (χ4n) is 2.25. The second-order valence-electron chi connectivity index (χ2n) is 4.84. The summed E-state index contributed by atoms with van der Waals surface area (Å²) in [6.45, 7) is 0. The fourth-order valence-corrected chi connectivity index (χ4v) is 2.25. The summed E-state index contributed by atoms with van der Waals surface area (Å²) >= 11 is 0. The van der Waals surface area contributed by atoms with Crippen LogP contribution in [0.15, 0.2) is 30.3 Å². The van der Waals surface area contributed by atoms with Crippen LogP contribution in [0.4, 0.5) is 4.39 Å². The van der Waals surface area contributed by atoms with Crippen molar-refractivity contribution in [1.82, 2.24) is 0 Å². The molecule has 6 heteroatoms. The molecule has 0 atom stereocenters. The molecular formula is C18H19FO5. The highest BCUT2D eigenvalue weighted by Crippen LogP contribution is 2.39. The maximum absolute atomic E-state index is 14.5. The van der Waals surface area contributed by atoms with Gasteiger partial charge in [0.25, 0.3) is 0 Å². The van der Waals surface area contributed by atoms with Crippen molar-refractivity contribution in [1.29, 1.82) is 0 Å². The third-order valence-corrected chi connectivity index (χ3v) is 3.44. The SMILES string of the molecule is COc1ccc(/C(F)=C\c2cc(OC)c(OC)c(OC)c2)cc1O. The maximum atomic E-state index is 14.5. The van der Waals surface area contributed by atoms with E-state index in [0.29, 0.717) is 22.8 Å². The molecule has 0 aliphatic heterocycles. The van der Waals surface area contributed by atoms with Crippen molar-refractivity contribution in [2.45, 2.75) is 0 Å². The number of rotatable bonds is 6. The van der Waals surface area contributed by atoms with Crippen molar-refractivity contribution >= 4 is 11.9 Å². The first-order chi connectivity index (χ1) is 11.5. The molecule has 2 aromatic rings. The molecule has 2 aromatic carbocycles. The Morgan fingerprint density at radius 1 is 0.875 bits per heavy atom. The lowest BCUT2D eigenvalue weighted by atomic mass is 10.1. The minimum absolute atomic E-state index is 0.136. The molecule has 0 saturated heterocycles. The lowest BCUT2D eigenvalue weighted by molar-refractivity contribution is 0.324. The topological polar surface area (TPSA) is 57.2 Å². The van der Waals surface area contributed by atoms with Crippen LogP contribution in [0.25, 0.3) is 11.9 Å². The normalized spacial score (nSPS) is 11.1. The van der Waals surface area contributed by atoms with Crippen LogP contribution in [0.5, 0.6) is 28.7 Å². The molecule has 1 N–H and O–H groups in total. The van der Waals surface area contributed by atoms with Gasteiger partial charge in [0.15, 0.2) is 23.0 Å². The van der Waals surface area contributed by atoms with Gasteiger partial charge in [-0.2, -0.15) is 0 Å². The average Bonchev–Trinajstić information content (AvgIpc) is 2.60. The van der Waals surface area contributed by atoms with Gasteiger partial charge in [-0.15, -0.1) is 0 Å². The maximum Gasteiger partial charge on any atom is 0.203 e. The quantitative estimate of drug-likeness (QED) is 0.812. The van der Waals surface area contributed by atoms with Crippen LogP contribution in [0.2, 0.25) is 0 Å². The summed E-state index contributed by atoms with van der Waals surface area (Å²) in [7, 11) is 5.90. The zero-order valence-corrected chi connectivity index (χ0v) is 13.9. The Hall–Kier alpha value is -2.89. The van der Waals surface area contributed by atoms with Gasteiger partial charge < -0.3 is 24.1 Å². The third kappa shape index (κ3) is 3.53. The highest BCUT2D eigenvalue weighted by atomic mass is 19.1.